The van der Waals surface area contributed by atoms with Gasteiger partial charge in [0, 0.05) is 38.3 Å². The Hall–Kier alpha value is -2.13. The molecule has 0 atom stereocenters. The van der Waals surface area contributed by atoms with Crippen LogP contribution in [0.3, 0.4) is 0 Å². The van der Waals surface area contributed by atoms with Crippen LogP contribution in [0.25, 0.3) is 0 Å². The molecule has 0 heterocycles. The van der Waals surface area contributed by atoms with Gasteiger partial charge in [-0.25, -0.2) is 0 Å². The fourth-order valence-electron chi connectivity index (χ4n) is 3.19. The number of rotatable bonds is 6. The Kier molecular flexibility index (Phi) is 5.94. The second kappa shape index (κ2) is 7.93. The Balaban J connectivity index is 1.98. The second-order valence-electron chi connectivity index (χ2n) is 6.26. The lowest BCUT2D eigenvalue weighted by Gasteiger charge is -2.32. The summed E-state index contributed by atoms with van der Waals surface area (Å²) in [5.74, 6) is 0. The van der Waals surface area contributed by atoms with Gasteiger partial charge >= 0.3 is 0 Å². The van der Waals surface area contributed by atoms with Crippen molar-refractivity contribution in [1.29, 1.82) is 5.26 Å². The monoisotopic (exact) mass is 316 g/mol. The Labute approximate surface area is 137 Å². The van der Waals surface area contributed by atoms with E-state index in [1.165, 1.54) is 44.2 Å². The highest BCUT2D eigenvalue weighted by Crippen LogP contribution is 2.25. The molecule has 124 valence electrons. The van der Waals surface area contributed by atoms with Gasteiger partial charge in [-0.1, -0.05) is 19.3 Å². The SMILES string of the molecule is CN(CCN(C)C1CCCCC1)c1ccc([N+](=O)[O-])cc1C#N. The van der Waals surface area contributed by atoms with Crippen LogP contribution in [0.15, 0.2) is 18.2 Å². The van der Waals surface area contributed by atoms with Crippen molar-refractivity contribution < 1.29 is 4.92 Å². The Morgan fingerprint density at radius 1 is 1.26 bits per heavy atom. The summed E-state index contributed by atoms with van der Waals surface area (Å²) < 4.78 is 0. The first-order chi connectivity index (χ1) is 11.0. The largest absolute Gasteiger partial charge is 0.372 e. The first-order valence-corrected chi connectivity index (χ1v) is 8.13. The number of anilines is 1. The smallest absolute Gasteiger partial charge is 0.270 e. The number of hydrogen-bond acceptors (Lipinski definition) is 5. The van der Waals surface area contributed by atoms with Crippen molar-refractivity contribution in [2.45, 2.75) is 38.1 Å². The molecule has 0 aromatic heterocycles. The molecule has 1 aliphatic rings. The number of non-ortho nitro benzene ring substituents is 1. The number of likely N-dealkylation sites (N-methyl/N-ethyl adjacent to an activating group) is 2. The highest BCUT2D eigenvalue weighted by molar-refractivity contribution is 5.62. The molecular formula is C17H24N4O2. The van der Waals surface area contributed by atoms with E-state index in [0.717, 1.165) is 18.8 Å². The van der Waals surface area contributed by atoms with E-state index >= 15 is 0 Å². The fourth-order valence-corrected chi connectivity index (χ4v) is 3.19. The first kappa shape index (κ1) is 17.2. The zero-order valence-electron chi connectivity index (χ0n) is 13.9. The fraction of sp³-hybridized carbons (Fsp3) is 0.588. The van der Waals surface area contributed by atoms with Gasteiger partial charge in [0.15, 0.2) is 0 Å². The normalized spacial score (nSPS) is 15.4. The molecule has 2 rings (SSSR count). The number of nitro groups is 1. The molecule has 0 aliphatic heterocycles. The van der Waals surface area contributed by atoms with Gasteiger partial charge < -0.3 is 9.80 Å². The summed E-state index contributed by atoms with van der Waals surface area (Å²) in [7, 11) is 4.08. The van der Waals surface area contributed by atoms with Crippen LogP contribution in [0, 0.1) is 21.4 Å². The predicted octanol–water partition coefficient (Wildman–Crippen LogP) is 3.17. The molecule has 0 radical (unpaired) electrons. The maximum atomic E-state index is 10.8. The van der Waals surface area contributed by atoms with E-state index in [0.29, 0.717) is 11.6 Å². The summed E-state index contributed by atoms with van der Waals surface area (Å²) in [5, 5.41) is 20.1. The van der Waals surface area contributed by atoms with Gasteiger partial charge in [0.2, 0.25) is 0 Å². The van der Waals surface area contributed by atoms with Gasteiger partial charge in [0.25, 0.3) is 5.69 Å². The molecule has 1 aromatic rings. The lowest BCUT2D eigenvalue weighted by molar-refractivity contribution is -0.384. The Morgan fingerprint density at radius 2 is 1.96 bits per heavy atom. The van der Waals surface area contributed by atoms with Crippen molar-refractivity contribution in [1.82, 2.24) is 4.90 Å². The van der Waals surface area contributed by atoms with E-state index in [2.05, 4.69) is 18.0 Å². The lowest BCUT2D eigenvalue weighted by Crippen LogP contribution is -2.38. The molecule has 1 aliphatic carbocycles. The van der Waals surface area contributed by atoms with Crippen molar-refractivity contribution >= 4 is 11.4 Å². The van der Waals surface area contributed by atoms with Crippen molar-refractivity contribution in [2.24, 2.45) is 0 Å². The number of nitrogens with zero attached hydrogens (tertiary/aromatic N) is 4. The van der Waals surface area contributed by atoms with Gasteiger partial charge in [0.05, 0.1) is 16.2 Å². The molecule has 0 spiro atoms. The minimum absolute atomic E-state index is 0.0435. The summed E-state index contributed by atoms with van der Waals surface area (Å²) in [6, 6.07) is 7.18. The van der Waals surface area contributed by atoms with Crippen LogP contribution >= 0.6 is 0 Å². The van der Waals surface area contributed by atoms with Crippen LogP contribution in [0.1, 0.15) is 37.7 Å². The Bertz CT molecular complexity index is 591. The summed E-state index contributed by atoms with van der Waals surface area (Å²) in [4.78, 5) is 14.7. The van der Waals surface area contributed by atoms with E-state index in [1.54, 1.807) is 6.07 Å². The zero-order valence-corrected chi connectivity index (χ0v) is 13.9. The topological polar surface area (TPSA) is 73.4 Å². The van der Waals surface area contributed by atoms with Crippen LogP contribution in [-0.4, -0.2) is 43.0 Å². The molecule has 23 heavy (non-hydrogen) atoms. The average molecular weight is 316 g/mol. The van der Waals surface area contributed by atoms with Crippen molar-refractivity contribution in [3.8, 4) is 6.07 Å². The first-order valence-electron chi connectivity index (χ1n) is 8.13. The molecule has 0 bridgehead atoms. The van der Waals surface area contributed by atoms with Crippen LogP contribution in [0.2, 0.25) is 0 Å². The average Bonchev–Trinajstić information content (AvgIpc) is 2.59. The molecule has 1 saturated carbocycles. The van der Waals surface area contributed by atoms with Crippen LogP contribution < -0.4 is 4.90 Å². The van der Waals surface area contributed by atoms with Crippen LogP contribution in [-0.2, 0) is 0 Å². The van der Waals surface area contributed by atoms with Gasteiger partial charge in [-0.3, -0.25) is 10.1 Å². The molecular weight excluding hydrogens is 292 g/mol. The minimum Gasteiger partial charge on any atom is -0.372 e. The maximum Gasteiger partial charge on any atom is 0.270 e. The number of hydrogen-bond donors (Lipinski definition) is 0. The predicted molar refractivity (Wildman–Crippen MR) is 90.6 cm³/mol. The summed E-state index contributed by atoms with van der Waals surface area (Å²) in [5.41, 5.74) is 1.05. The maximum absolute atomic E-state index is 10.8. The molecule has 1 aromatic carbocycles. The second-order valence-corrected chi connectivity index (χ2v) is 6.26. The van der Waals surface area contributed by atoms with E-state index < -0.39 is 4.92 Å². The van der Waals surface area contributed by atoms with Crippen molar-refractivity contribution in [3.05, 3.63) is 33.9 Å². The number of benzene rings is 1. The summed E-state index contributed by atoms with van der Waals surface area (Å²) >= 11 is 0. The standard InChI is InChI=1S/C17H24N4O2/c1-19(15-6-4-3-5-7-15)10-11-20(2)17-9-8-16(21(22)23)12-14(17)13-18/h8-9,12,15H,3-7,10-11H2,1-2H3. The third-order valence-electron chi connectivity index (χ3n) is 4.71. The van der Waals surface area contributed by atoms with Gasteiger partial charge in [-0.2, -0.15) is 5.26 Å². The van der Waals surface area contributed by atoms with Gasteiger partial charge in [-0.05, 0) is 26.0 Å². The van der Waals surface area contributed by atoms with E-state index in [9.17, 15) is 15.4 Å². The van der Waals surface area contributed by atoms with E-state index in [4.69, 9.17) is 0 Å². The highest BCUT2D eigenvalue weighted by atomic mass is 16.6. The van der Waals surface area contributed by atoms with Gasteiger partial charge in [-0.15, -0.1) is 0 Å². The Morgan fingerprint density at radius 3 is 2.57 bits per heavy atom. The van der Waals surface area contributed by atoms with Crippen molar-refractivity contribution in [2.75, 3.05) is 32.1 Å². The molecule has 6 heteroatoms. The number of nitro benzene ring substituents is 1. The quantitative estimate of drug-likeness (QED) is 0.595. The molecule has 0 saturated heterocycles. The third-order valence-corrected chi connectivity index (χ3v) is 4.71. The van der Waals surface area contributed by atoms with E-state index in [1.807, 2.05) is 11.9 Å². The lowest BCUT2D eigenvalue weighted by atomic mass is 9.94. The van der Waals surface area contributed by atoms with Gasteiger partial charge in [0.1, 0.15) is 6.07 Å². The third kappa shape index (κ3) is 4.42. The van der Waals surface area contributed by atoms with E-state index in [-0.39, 0.29) is 5.69 Å². The summed E-state index contributed by atoms with van der Waals surface area (Å²) in [6.45, 7) is 1.71. The summed E-state index contributed by atoms with van der Waals surface area (Å²) in [6.07, 6.45) is 6.50. The zero-order chi connectivity index (χ0) is 16.8. The molecule has 6 nitrogen and oxygen atoms in total. The van der Waals surface area contributed by atoms with Crippen LogP contribution in [0.5, 0.6) is 0 Å². The number of nitriles is 1. The molecule has 0 N–H and O–H groups in total. The van der Waals surface area contributed by atoms with Crippen LogP contribution in [0.4, 0.5) is 11.4 Å². The van der Waals surface area contributed by atoms with Crippen molar-refractivity contribution in [3.63, 3.8) is 0 Å². The minimum atomic E-state index is -0.471. The molecule has 0 amide bonds. The highest BCUT2D eigenvalue weighted by Gasteiger charge is 2.19. The molecule has 1 fully saturated rings. The molecule has 0 unspecified atom stereocenters.